The summed E-state index contributed by atoms with van der Waals surface area (Å²) in [6.45, 7) is 5.14. The van der Waals surface area contributed by atoms with Gasteiger partial charge in [0.25, 0.3) is 5.91 Å². The number of hydrogen-bond donors (Lipinski definition) is 1. The second kappa shape index (κ2) is 4.41. The molecule has 0 radical (unpaired) electrons. The summed E-state index contributed by atoms with van der Waals surface area (Å²) in [5.41, 5.74) is 0. The fourth-order valence-electron chi connectivity index (χ4n) is 1.51. The molecule has 1 unspecified atom stereocenters. The Morgan fingerprint density at radius 1 is 1.14 bits per heavy atom. The van der Waals surface area contributed by atoms with Crippen molar-refractivity contribution < 1.29 is 14.7 Å². The highest BCUT2D eigenvalue weighted by molar-refractivity contribution is 5.80. The molecule has 0 saturated carbocycles. The van der Waals surface area contributed by atoms with Crippen LogP contribution in [0.3, 0.4) is 0 Å². The Morgan fingerprint density at radius 3 is 1.93 bits per heavy atom. The molecule has 14 heavy (non-hydrogen) atoms. The molecule has 0 aromatic rings. The first-order valence-corrected chi connectivity index (χ1v) is 4.74. The van der Waals surface area contributed by atoms with Gasteiger partial charge in [0.2, 0.25) is 5.91 Å². The van der Waals surface area contributed by atoms with Crippen molar-refractivity contribution in [2.75, 3.05) is 26.2 Å². The maximum absolute atomic E-state index is 11.3. The molecular weight excluding hydrogens is 184 g/mol. The van der Waals surface area contributed by atoms with Crippen LogP contribution in [-0.2, 0) is 9.59 Å². The van der Waals surface area contributed by atoms with Gasteiger partial charge in [-0.25, -0.2) is 0 Å². The molecule has 1 fully saturated rings. The van der Waals surface area contributed by atoms with E-state index in [9.17, 15) is 9.59 Å². The molecule has 1 N–H and O–H groups in total. The van der Waals surface area contributed by atoms with Crippen LogP contribution >= 0.6 is 0 Å². The molecule has 0 spiro atoms. The van der Waals surface area contributed by atoms with Crippen LogP contribution in [0, 0.1) is 0 Å². The third kappa shape index (κ3) is 2.45. The highest BCUT2D eigenvalue weighted by Gasteiger charge is 2.24. The van der Waals surface area contributed by atoms with Crippen LogP contribution in [0.5, 0.6) is 0 Å². The maximum Gasteiger partial charge on any atom is 0.251 e. The number of hydrogen-bond acceptors (Lipinski definition) is 3. The first-order chi connectivity index (χ1) is 6.52. The SMILES string of the molecule is CC(=O)N1CCN(C(=O)C(C)O)CC1. The van der Waals surface area contributed by atoms with Crippen LogP contribution in [0.25, 0.3) is 0 Å². The first-order valence-electron chi connectivity index (χ1n) is 4.74. The number of carbonyl (C=O) groups excluding carboxylic acids is 2. The Morgan fingerprint density at radius 2 is 1.57 bits per heavy atom. The number of rotatable bonds is 1. The molecular formula is C9H16N2O3. The zero-order chi connectivity index (χ0) is 10.7. The molecule has 1 aliphatic rings. The molecule has 0 bridgehead atoms. The lowest BCUT2D eigenvalue weighted by Crippen LogP contribution is -2.52. The minimum atomic E-state index is -0.945. The van der Waals surface area contributed by atoms with Crippen molar-refractivity contribution >= 4 is 11.8 Å². The number of piperazine rings is 1. The van der Waals surface area contributed by atoms with Crippen molar-refractivity contribution in [3.05, 3.63) is 0 Å². The van der Waals surface area contributed by atoms with Crippen molar-refractivity contribution in [3.63, 3.8) is 0 Å². The summed E-state index contributed by atoms with van der Waals surface area (Å²) in [5.74, 6) is -0.220. The molecule has 1 aliphatic heterocycles. The lowest BCUT2D eigenvalue weighted by atomic mass is 10.2. The molecule has 1 atom stereocenters. The van der Waals surface area contributed by atoms with E-state index in [1.807, 2.05) is 0 Å². The topological polar surface area (TPSA) is 60.9 Å². The molecule has 80 valence electrons. The van der Waals surface area contributed by atoms with Crippen LogP contribution in [-0.4, -0.2) is 59.0 Å². The van der Waals surface area contributed by atoms with Gasteiger partial charge in [0.15, 0.2) is 0 Å². The Labute approximate surface area is 83.3 Å². The Balaban J connectivity index is 2.43. The van der Waals surface area contributed by atoms with Crippen LogP contribution in [0.4, 0.5) is 0 Å². The van der Waals surface area contributed by atoms with Gasteiger partial charge in [-0.3, -0.25) is 9.59 Å². The summed E-state index contributed by atoms with van der Waals surface area (Å²) >= 11 is 0. The first kappa shape index (κ1) is 11.0. The van der Waals surface area contributed by atoms with Crippen molar-refractivity contribution in [1.29, 1.82) is 0 Å². The molecule has 1 rings (SSSR count). The van der Waals surface area contributed by atoms with Crippen LogP contribution in [0.15, 0.2) is 0 Å². The number of carbonyl (C=O) groups is 2. The van der Waals surface area contributed by atoms with Crippen LogP contribution in [0.1, 0.15) is 13.8 Å². The summed E-state index contributed by atoms with van der Waals surface area (Å²) in [5, 5.41) is 9.08. The predicted octanol–water partition coefficient (Wildman–Crippen LogP) is -0.942. The molecule has 5 nitrogen and oxygen atoms in total. The number of amides is 2. The van der Waals surface area contributed by atoms with E-state index in [1.54, 1.807) is 9.80 Å². The van der Waals surface area contributed by atoms with Crippen LogP contribution in [0.2, 0.25) is 0 Å². The number of nitrogens with zero attached hydrogens (tertiary/aromatic N) is 2. The normalized spacial score (nSPS) is 19.4. The lowest BCUT2D eigenvalue weighted by Gasteiger charge is -2.34. The third-order valence-electron chi connectivity index (χ3n) is 2.39. The van der Waals surface area contributed by atoms with Crippen molar-refractivity contribution in [2.24, 2.45) is 0 Å². The van der Waals surface area contributed by atoms with E-state index in [1.165, 1.54) is 13.8 Å². The van der Waals surface area contributed by atoms with Gasteiger partial charge in [-0.1, -0.05) is 0 Å². The largest absolute Gasteiger partial charge is 0.384 e. The van der Waals surface area contributed by atoms with E-state index < -0.39 is 6.10 Å². The van der Waals surface area contributed by atoms with E-state index >= 15 is 0 Å². The second-order valence-electron chi connectivity index (χ2n) is 3.51. The van der Waals surface area contributed by atoms with Crippen molar-refractivity contribution in [1.82, 2.24) is 9.80 Å². The van der Waals surface area contributed by atoms with Gasteiger partial charge in [0, 0.05) is 33.1 Å². The smallest absolute Gasteiger partial charge is 0.251 e. The molecule has 2 amide bonds. The Hall–Kier alpha value is -1.10. The predicted molar refractivity (Wildman–Crippen MR) is 50.5 cm³/mol. The zero-order valence-electron chi connectivity index (χ0n) is 8.56. The second-order valence-corrected chi connectivity index (χ2v) is 3.51. The molecule has 0 aromatic carbocycles. The molecule has 5 heteroatoms. The number of aliphatic hydroxyl groups excluding tert-OH is 1. The lowest BCUT2D eigenvalue weighted by molar-refractivity contribution is -0.144. The number of aliphatic hydroxyl groups is 1. The van der Waals surface area contributed by atoms with E-state index in [0.29, 0.717) is 26.2 Å². The van der Waals surface area contributed by atoms with Gasteiger partial charge in [-0.15, -0.1) is 0 Å². The van der Waals surface area contributed by atoms with E-state index in [4.69, 9.17) is 5.11 Å². The zero-order valence-corrected chi connectivity index (χ0v) is 8.56. The average molecular weight is 200 g/mol. The van der Waals surface area contributed by atoms with E-state index in [-0.39, 0.29) is 11.8 Å². The summed E-state index contributed by atoms with van der Waals surface area (Å²) < 4.78 is 0. The quantitative estimate of drug-likeness (QED) is 0.594. The summed E-state index contributed by atoms with van der Waals surface area (Å²) in [4.78, 5) is 25.6. The fourth-order valence-corrected chi connectivity index (χ4v) is 1.51. The van der Waals surface area contributed by atoms with Gasteiger partial charge < -0.3 is 14.9 Å². The van der Waals surface area contributed by atoms with E-state index in [2.05, 4.69) is 0 Å². The maximum atomic E-state index is 11.3. The van der Waals surface area contributed by atoms with Crippen molar-refractivity contribution in [2.45, 2.75) is 20.0 Å². The highest BCUT2D eigenvalue weighted by atomic mass is 16.3. The minimum Gasteiger partial charge on any atom is -0.384 e. The summed E-state index contributed by atoms with van der Waals surface area (Å²) in [7, 11) is 0. The third-order valence-corrected chi connectivity index (χ3v) is 2.39. The average Bonchev–Trinajstić information content (AvgIpc) is 2.16. The molecule has 0 aromatic heterocycles. The van der Waals surface area contributed by atoms with Gasteiger partial charge in [-0.2, -0.15) is 0 Å². The molecule has 1 heterocycles. The van der Waals surface area contributed by atoms with Gasteiger partial charge in [-0.05, 0) is 6.92 Å². The Kier molecular flexibility index (Phi) is 3.46. The standard InChI is InChI=1S/C9H16N2O3/c1-7(12)9(14)11-5-3-10(4-6-11)8(2)13/h7,12H,3-6H2,1-2H3. The fraction of sp³-hybridized carbons (Fsp3) is 0.778. The van der Waals surface area contributed by atoms with Gasteiger partial charge in [0.05, 0.1) is 0 Å². The van der Waals surface area contributed by atoms with Gasteiger partial charge in [0.1, 0.15) is 6.10 Å². The summed E-state index contributed by atoms with van der Waals surface area (Å²) in [6.07, 6.45) is -0.945. The van der Waals surface area contributed by atoms with Crippen molar-refractivity contribution in [3.8, 4) is 0 Å². The monoisotopic (exact) mass is 200 g/mol. The summed E-state index contributed by atoms with van der Waals surface area (Å²) in [6, 6.07) is 0. The highest BCUT2D eigenvalue weighted by Crippen LogP contribution is 2.03. The van der Waals surface area contributed by atoms with Gasteiger partial charge >= 0.3 is 0 Å². The van der Waals surface area contributed by atoms with E-state index in [0.717, 1.165) is 0 Å². The Bertz CT molecular complexity index is 232. The minimum absolute atomic E-state index is 0.0362. The van der Waals surface area contributed by atoms with Crippen LogP contribution < -0.4 is 0 Å². The molecule has 1 saturated heterocycles. The molecule has 0 aliphatic carbocycles.